The summed E-state index contributed by atoms with van der Waals surface area (Å²) in [7, 11) is 0. The molecule has 0 heterocycles. The number of amides is 1. The van der Waals surface area contributed by atoms with Crippen molar-refractivity contribution in [2.75, 3.05) is 43.1 Å². The summed E-state index contributed by atoms with van der Waals surface area (Å²) in [6.07, 6.45) is 0. The Morgan fingerprint density at radius 1 is 0.951 bits per heavy atom. The fourth-order valence-electron chi connectivity index (χ4n) is 3.44. The van der Waals surface area contributed by atoms with Crippen LogP contribution in [0, 0.1) is 20.2 Å². The fourth-order valence-corrected chi connectivity index (χ4v) is 3.96. The molecule has 0 aromatic heterocycles. The Morgan fingerprint density at radius 3 is 2.05 bits per heavy atom. The molecule has 1 amide bonds. The molecule has 0 saturated carbocycles. The Hall–Kier alpha value is -4.67. The number of nitro benzene ring substituents is 2. The number of carbonyl (C=O) groups excluding carboxylic acids is 3. The summed E-state index contributed by atoms with van der Waals surface area (Å²) in [5.41, 5.74) is -1.04. The number of esters is 2. The first-order valence-electron chi connectivity index (χ1n) is 12.0. The minimum absolute atomic E-state index is 0.0191. The summed E-state index contributed by atoms with van der Waals surface area (Å²) in [5.74, 6) is -1.23. The second kappa shape index (κ2) is 15.2. The third-order valence-corrected chi connectivity index (χ3v) is 5.65. The van der Waals surface area contributed by atoms with Crippen molar-refractivity contribution in [3.05, 3.63) is 49.0 Å². The average Bonchev–Trinajstić information content (AvgIpc) is 2.87. The van der Waals surface area contributed by atoms with Crippen molar-refractivity contribution in [3.8, 4) is 5.75 Å². The summed E-state index contributed by atoms with van der Waals surface area (Å²) in [5, 5.41) is 33.6. The lowest BCUT2D eigenvalue weighted by Gasteiger charge is -2.28. The molecule has 0 unspecified atom stereocenters. The minimum Gasteiger partial charge on any atom is -0.494 e. The maximum Gasteiger partial charge on any atom is 0.304 e. The molecule has 0 aliphatic heterocycles. The zero-order valence-corrected chi connectivity index (χ0v) is 24.1. The van der Waals surface area contributed by atoms with Gasteiger partial charge in [-0.25, -0.2) is 0 Å². The van der Waals surface area contributed by atoms with Gasteiger partial charge in [-0.15, -0.1) is 10.2 Å². The van der Waals surface area contributed by atoms with Gasteiger partial charge in [0.1, 0.15) is 24.7 Å². The van der Waals surface area contributed by atoms with Crippen molar-refractivity contribution in [1.29, 1.82) is 0 Å². The van der Waals surface area contributed by atoms with Gasteiger partial charge in [-0.05, 0) is 22.9 Å². The van der Waals surface area contributed by atoms with Crippen LogP contribution in [-0.4, -0.2) is 60.6 Å². The third kappa shape index (κ3) is 9.79. The molecule has 17 heteroatoms. The molecule has 1 N–H and O–H groups in total. The summed E-state index contributed by atoms with van der Waals surface area (Å²) >= 11 is 3.08. The molecule has 0 spiro atoms. The molecule has 41 heavy (non-hydrogen) atoms. The molecule has 0 radical (unpaired) electrons. The van der Waals surface area contributed by atoms with Crippen molar-refractivity contribution in [1.82, 2.24) is 0 Å². The number of hydrogen-bond acceptors (Lipinski definition) is 13. The maximum absolute atomic E-state index is 12.2. The van der Waals surface area contributed by atoms with Crippen LogP contribution in [0.5, 0.6) is 5.75 Å². The van der Waals surface area contributed by atoms with Crippen LogP contribution in [0.4, 0.5) is 34.1 Å². The van der Waals surface area contributed by atoms with Gasteiger partial charge in [0.05, 0.1) is 51.5 Å². The number of azo groups is 1. The maximum atomic E-state index is 12.2. The normalized spacial score (nSPS) is 10.7. The molecule has 2 aromatic rings. The van der Waals surface area contributed by atoms with E-state index in [4.69, 9.17) is 14.2 Å². The van der Waals surface area contributed by atoms with Crippen LogP contribution >= 0.6 is 15.9 Å². The number of nitrogens with zero attached hydrogens (tertiary/aromatic N) is 5. The summed E-state index contributed by atoms with van der Waals surface area (Å²) in [6, 6.07) is 4.81. The summed E-state index contributed by atoms with van der Waals surface area (Å²) in [6.45, 7) is 5.85. The smallest absolute Gasteiger partial charge is 0.304 e. The number of anilines is 2. The Bertz CT molecular complexity index is 1350. The predicted molar refractivity (Wildman–Crippen MR) is 149 cm³/mol. The van der Waals surface area contributed by atoms with Crippen LogP contribution in [0.25, 0.3) is 0 Å². The molecule has 0 aliphatic carbocycles. The molecule has 220 valence electrons. The van der Waals surface area contributed by atoms with E-state index in [9.17, 15) is 34.6 Å². The zero-order valence-electron chi connectivity index (χ0n) is 22.5. The Balaban J connectivity index is 2.73. The van der Waals surface area contributed by atoms with Crippen molar-refractivity contribution in [2.45, 2.75) is 27.7 Å². The van der Waals surface area contributed by atoms with Crippen LogP contribution in [0.15, 0.2) is 39.0 Å². The van der Waals surface area contributed by atoms with Gasteiger partial charge in [0.15, 0.2) is 5.69 Å². The number of nitro groups is 2. The number of nitrogens with one attached hydrogen (secondary N) is 1. The van der Waals surface area contributed by atoms with Gasteiger partial charge >= 0.3 is 17.6 Å². The fraction of sp³-hybridized carbons (Fsp3) is 0.375. The highest BCUT2D eigenvalue weighted by atomic mass is 79.9. The largest absolute Gasteiger partial charge is 0.494 e. The molecule has 0 saturated heterocycles. The quantitative estimate of drug-likeness (QED) is 0.126. The van der Waals surface area contributed by atoms with E-state index in [2.05, 4.69) is 31.5 Å². The van der Waals surface area contributed by atoms with Crippen LogP contribution in [0.3, 0.4) is 0 Å². The molecule has 2 aromatic carbocycles. The van der Waals surface area contributed by atoms with E-state index in [1.165, 1.54) is 26.8 Å². The molecular formula is C24H27BrN6O10. The topological polar surface area (TPSA) is 205 Å². The van der Waals surface area contributed by atoms with Crippen LogP contribution in [-0.2, 0) is 23.9 Å². The number of carbonyl (C=O) groups is 3. The average molecular weight is 639 g/mol. The third-order valence-electron chi connectivity index (χ3n) is 5.05. The van der Waals surface area contributed by atoms with E-state index < -0.39 is 39.1 Å². The Morgan fingerprint density at radius 2 is 1.56 bits per heavy atom. The Labute approximate surface area is 242 Å². The Kier molecular flexibility index (Phi) is 12.1. The number of ether oxygens (including phenoxy) is 3. The molecule has 0 aliphatic rings. The highest BCUT2D eigenvalue weighted by molar-refractivity contribution is 9.10. The lowest BCUT2D eigenvalue weighted by Crippen LogP contribution is -2.32. The number of rotatable bonds is 14. The number of benzene rings is 2. The number of hydrogen-bond donors (Lipinski definition) is 1. The van der Waals surface area contributed by atoms with Crippen molar-refractivity contribution in [3.63, 3.8) is 0 Å². The highest BCUT2D eigenvalue weighted by Crippen LogP contribution is 2.43. The van der Waals surface area contributed by atoms with E-state index >= 15 is 0 Å². The SMILES string of the molecule is CCOc1cc(N=Nc2c(Br)cc([N+](=O)[O-])cc2[N+](=O)[O-])c(NC(C)=O)c(N(CCOC(C)=O)CCOC(C)=O)c1. The van der Waals surface area contributed by atoms with E-state index in [1.54, 1.807) is 17.9 Å². The second-order valence-electron chi connectivity index (χ2n) is 8.13. The monoisotopic (exact) mass is 638 g/mol. The van der Waals surface area contributed by atoms with Crippen molar-refractivity contribution in [2.24, 2.45) is 10.2 Å². The van der Waals surface area contributed by atoms with Crippen LogP contribution in [0.2, 0.25) is 0 Å². The van der Waals surface area contributed by atoms with Gasteiger partial charge in [-0.2, -0.15) is 0 Å². The molecular weight excluding hydrogens is 612 g/mol. The standard InChI is InChI=1S/C24H27BrN6O10/c1-5-39-18-12-20(27-28-23-19(25)10-17(30(35)36)11-22(23)31(37)38)24(26-14(2)32)21(13-18)29(6-8-40-15(3)33)7-9-41-16(4)34/h10-13H,5-9H2,1-4H3,(H,26,32). The molecule has 0 bridgehead atoms. The summed E-state index contributed by atoms with van der Waals surface area (Å²) < 4.78 is 15.7. The first-order valence-corrected chi connectivity index (χ1v) is 12.8. The first-order chi connectivity index (χ1) is 19.3. The van der Waals surface area contributed by atoms with Gasteiger partial charge in [-0.3, -0.25) is 34.6 Å². The summed E-state index contributed by atoms with van der Waals surface area (Å²) in [4.78, 5) is 57.8. The first kappa shape index (κ1) is 32.5. The second-order valence-corrected chi connectivity index (χ2v) is 8.98. The van der Waals surface area contributed by atoms with Crippen molar-refractivity contribution >= 4 is 67.9 Å². The van der Waals surface area contributed by atoms with Gasteiger partial charge in [0.2, 0.25) is 5.91 Å². The molecule has 0 fully saturated rings. The van der Waals surface area contributed by atoms with E-state index in [0.717, 1.165) is 12.1 Å². The lowest BCUT2D eigenvalue weighted by atomic mass is 10.2. The van der Waals surface area contributed by atoms with E-state index in [1.807, 2.05) is 0 Å². The number of non-ortho nitro benzene ring substituents is 1. The van der Waals surface area contributed by atoms with E-state index in [0.29, 0.717) is 5.69 Å². The van der Waals surface area contributed by atoms with Crippen LogP contribution < -0.4 is 15.0 Å². The van der Waals surface area contributed by atoms with Gasteiger partial charge < -0.3 is 24.4 Å². The van der Waals surface area contributed by atoms with Crippen LogP contribution in [0.1, 0.15) is 27.7 Å². The van der Waals surface area contributed by atoms with Gasteiger partial charge in [0, 0.05) is 39.0 Å². The molecule has 2 rings (SSSR count). The van der Waals surface area contributed by atoms with Gasteiger partial charge in [0.25, 0.3) is 5.69 Å². The molecule has 0 atom stereocenters. The molecule has 16 nitrogen and oxygen atoms in total. The van der Waals surface area contributed by atoms with Gasteiger partial charge in [-0.1, -0.05) is 0 Å². The lowest BCUT2D eigenvalue weighted by molar-refractivity contribution is -0.393. The van der Waals surface area contributed by atoms with Crippen molar-refractivity contribution < 1.29 is 38.4 Å². The van der Waals surface area contributed by atoms with E-state index in [-0.39, 0.29) is 60.2 Å². The predicted octanol–water partition coefficient (Wildman–Crippen LogP) is 4.97. The highest BCUT2D eigenvalue weighted by Gasteiger charge is 2.24. The minimum atomic E-state index is -0.839. The number of halogens is 1. The zero-order chi connectivity index (χ0) is 30.7.